The molecular formula is C16H32N2. The van der Waals surface area contributed by atoms with E-state index in [2.05, 4.69) is 0 Å². The van der Waals surface area contributed by atoms with Crippen molar-refractivity contribution in [2.75, 3.05) is 0 Å². The second kappa shape index (κ2) is 7.49. The van der Waals surface area contributed by atoms with Gasteiger partial charge in [0.1, 0.15) is 0 Å². The number of hydrogen-bond acceptors (Lipinski definition) is 2. The summed E-state index contributed by atoms with van der Waals surface area (Å²) in [5.41, 5.74) is 12.2. The highest BCUT2D eigenvalue weighted by Gasteiger charge is 2.22. The van der Waals surface area contributed by atoms with Crippen LogP contribution in [0.5, 0.6) is 0 Å². The fraction of sp³-hybridized carbons (Fsp3) is 1.00. The van der Waals surface area contributed by atoms with Crippen molar-refractivity contribution in [2.24, 2.45) is 23.3 Å². The van der Waals surface area contributed by atoms with E-state index in [0.29, 0.717) is 12.1 Å². The highest BCUT2D eigenvalue weighted by Crippen LogP contribution is 2.33. The Morgan fingerprint density at radius 3 is 1.72 bits per heavy atom. The van der Waals surface area contributed by atoms with Crippen LogP contribution < -0.4 is 11.5 Å². The van der Waals surface area contributed by atoms with Crippen LogP contribution in [0, 0.1) is 11.8 Å². The monoisotopic (exact) mass is 252 g/mol. The Morgan fingerprint density at radius 2 is 1.06 bits per heavy atom. The minimum absolute atomic E-state index is 0.477. The predicted molar refractivity (Wildman–Crippen MR) is 78.3 cm³/mol. The van der Waals surface area contributed by atoms with Gasteiger partial charge in [-0.1, -0.05) is 25.7 Å². The van der Waals surface area contributed by atoms with Crippen molar-refractivity contribution in [1.29, 1.82) is 0 Å². The van der Waals surface area contributed by atoms with Crippen molar-refractivity contribution >= 4 is 0 Å². The molecule has 0 aromatic heterocycles. The smallest absolute Gasteiger partial charge is 0.00390 e. The third-order valence-corrected chi connectivity index (χ3v) is 5.19. The van der Waals surface area contributed by atoms with E-state index >= 15 is 0 Å². The molecule has 0 saturated heterocycles. The lowest BCUT2D eigenvalue weighted by atomic mass is 9.78. The van der Waals surface area contributed by atoms with Crippen molar-refractivity contribution in [1.82, 2.24) is 0 Å². The fourth-order valence-corrected chi connectivity index (χ4v) is 3.89. The van der Waals surface area contributed by atoms with Gasteiger partial charge >= 0.3 is 0 Å². The summed E-state index contributed by atoms with van der Waals surface area (Å²) < 4.78 is 0. The second-order valence-electron chi connectivity index (χ2n) is 6.86. The van der Waals surface area contributed by atoms with Gasteiger partial charge in [-0.2, -0.15) is 0 Å². The lowest BCUT2D eigenvalue weighted by Gasteiger charge is -2.29. The quantitative estimate of drug-likeness (QED) is 0.789. The van der Waals surface area contributed by atoms with Crippen LogP contribution in [0.4, 0.5) is 0 Å². The zero-order chi connectivity index (χ0) is 12.8. The van der Waals surface area contributed by atoms with Crippen molar-refractivity contribution in [3.8, 4) is 0 Å². The molecule has 2 unspecified atom stereocenters. The summed E-state index contributed by atoms with van der Waals surface area (Å²) in [7, 11) is 0. The molecule has 2 saturated carbocycles. The maximum Gasteiger partial charge on any atom is 0.00390 e. The minimum Gasteiger partial charge on any atom is -0.328 e. The predicted octanol–water partition coefficient (Wildman–Crippen LogP) is 3.58. The van der Waals surface area contributed by atoms with Gasteiger partial charge in [0.2, 0.25) is 0 Å². The average molecular weight is 252 g/mol. The average Bonchev–Trinajstić information content (AvgIpc) is 2.46. The fourth-order valence-electron chi connectivity index (χ4n) is 3.89. The molecule has 0 radical (unpaired) electrons. The lowest BCUT2D eigenvalue weighted by Crippen LogP contribution is -2.27. The van der Waals surface area contributed by atoms with E-state index in [1.807, 2.05) is 0 Å². The van der Waals surface area contributed by atoms with Crippen LogP contribution in [0.3, 0.4) is 0 Å². The molecule has 4 N–H and O–H groups in total. The zero-order valence-electron chi connectivity index (χ0n) is 11.9. The van der Waals surface area contributed by atoms with E-state index < -0.39 is 0 Å². The molecule has 2 aliphatic rings. The summed E-state index contributed by atoms with van der Waals surface area (Å²) in [4.78, 5) is 0. The summed E-state index contributed by atoms with van der Waals surface area (Å²) in [6, 6.07) is 0.973. The third-order valence-electron chi connectivity index (χ3n) is 5.19. The molecule has 2 nitrogen and oxygen atoms in total. The van der Waals surface area contributed by atoms with Crippen molar-refractivity contribution in [3.63, 3.8) is 0 Å². The Labute approximate surface area is 113 Å². The zero-order valence-corrected chi connectivity index (χ0v) is 11.9. The number of rotatable bonds is 2. The van der Waals surface area contributed by atoms with Gasteiger partial charge in [-0.25, -0.2) is 0 Å². The van der Waals surface area contributed by atoms with Crippen LogP contribution in [-0.2, 0) is 0 Å². The standard InChI is InChI=1S/C16H32N2/c17-15-5-3-1-2-4-13(6-9-15)12-14-7-10-16(18)11-8-14/h13-16H,1-12,17-18H2. The molecule has 2 fully saturated rings. The van der Waals surface area contributed by atoms with E-state index in [4.69, 9.17) is 11.5 Å². The van der Waals surface area contributed by atoms with Gasteiger partial charge in [-0.15, -0.1) is 0 Å². The van der Waals surface area contributed by atoms with E-state index in [1.165, 1.54) is 77.0 Å². The first-order valence-corrected chi connectivity index (χ1v) is 8.25. The Morgan fingerprint density at radius 1 is 0.556 bits per heavy atom. The molecule has 0 amide bonds. The Kier molecular flexibility index (Phi) is 5.97. The number of nitrogens with two attached hydrogens (primary N) is 2. The van der Waals surface area contributed by atoms with Crippen LogP contribution in [0.15, 0.2) is 0 Å². The lowest BCUT2D eigenvalue weighted by molar-refractivity contribution is 0.250. The Balaban J connectivity index is 1.75. The first kappa shape index (κ1) is 14.3. The van der Waals surface area contributed by atoms with Crippen molar-refractivity contribution < 1.29 is 0 Å². The summed E-state index contributed by atoms with van der Waals surface area (Å²) in [5.74, 6) is 1.92. The third kappa shape index (κ3) is 4.89. The van der Waals surface area contributed by atoms with Crippen LogP contribution in [0.25, 0.3) is 0 Å². The molecule has 0 aliphatic heterocycles. The highest BCUT2D eigenvalue weighted by atomic mass is 14.6. The molecule has 0 aromatic carbocycles. The molecule has 2 aliphatic carbocycles. The summed E-state index contributed by atoms with van der Waals surface area (Å²) in [6.45, 7) is 0. The van der Waals surface area contributed by atoms with Crippen molar-refractivity contribution in [3.05, 3.63) is 0 Å². The highest BCUT2D eigenvalue weighted by molar-refractivity contribution is 4.78. The summed E-state index contributed by atoms with van der Waals surface area (Å²) in [6.07, 6.45) is 16.3. The van der Waals surface area contributed by atoms with Gasteiger partial charge in [-0.05, 0) is 63.2 Å². The topological polar surface area (TPSA) is 52.0 Å². The van der Waals surface area contributed by atoms with Gasteiger partial charge in [0.25, 0.3) is 0 Å². The maximum atomic E-state index is 6.17. The van der Waals surface area contributed by atoms with Gasteiger partial charge in [0, 0.05) is 12.1 Å². The second-order valence-corrected chi connectivity index (χ2v) is 6.86. The largest absolute Gasteiger partial charge is 0.328 e. The maximum absolute atomic E-state index is 6.17. The molecule has 2 atom stereocenters. The molecule has 0 spiro atoms. The normalized spacial score (nSPS) is 39.7. The van der Waals surface area contributed by atoms with E-state index in [1.54, 1.807) is 0 Å². The molecule has 0 bridgehead atoms. The molecule has 0 heterocycles. The van der Waals surface area contributed by atoms with Crippen LogP contribution >= 0.6 is 0 Å². The molecule has 106 valence electrons. The Hall–Kier alpha value is -0.0800. The van der Waals surface area contributed by atoms with Crippen molar-refractivity contribution in [2.45, 2.75) is 89.1 Å². The van der Waals surface area contributed by atoms with Crippen LogP contribution in [-0.4, -0.2) is 12.1 Å². The SMILES string of the molecule is NC1CCCCCC(CC2CCC(N)CC2)CC1. The van der Waals surface area contributed by atoms with Gasteiger partial charge < -0.3 is 11.5 Å². The summed E-state index contributed by atoms with van der Waals surface area (Å²) in [5, 5.41) is 0. The molecule has 18 heavy (non-hydrogen) atoms. The van der Waals surface area contributed by atoms with E-state index in [0.717, 1.165) is 11.8 Å². The minimum atomic E-state index is 0.477. The van der Waals surface area contributed by atoms with Gasteiger partial charge in [0.05, 0.1) is 0 Å². The first-order chi connectivity index (χ1) is 8.74. The molecular weight excluding hydrogens is 220 g/mol. The summed E-state index contributed by atoms with van der Waals surface area (Å²) >= 11 is 0. The van der Waals surface area contributed by atoms with Gasteiger partial charge in [0.15, 0.2) is 0 Å². The number of hydrogen-bond donors (Lipinski definition) is 2. The Bertz CT molecular complexity index is 221. The first-order valence-electron chi connectivity index (χ1n) is 8.25. The van der Waals surface area contributed by atoms with E-state index in [-0.39, 0.29) is 0 Å². The van der Waals surface area contributed by atoms with Crippen LogP contribution in [0.2, 0.25) is 0 Å². The molecule has 2 heteroatoms. The van der Waals surface area contributed by atoms with Crippen LogP contribution in [0.1, 0.15) is 77.0 Å². The van der Waals surface area contributed by atoms with E-state index in [9.17, 15) is 0 Å². The van der Waals surface area contributed by atoms with Gasteiger partial charge in [-0.3, -0.25) is 0 Å². The molecule has 0 aromatic rings. The molecule has 2 rings (SSSR count).